The molecule has 6 heteroatoms. The summed E-state index contributed by atoms with van der Waals surface area (Å²) in [4.78, 5) is 16.6. The molecule has 3 nitrogen and oxygen atoms in total. The molecular weight excluding hydrogens is 441 g/mol. The second kappa shape index (κ2) is 8.87. The van der Waals surface area contributed by atoms with Crippen LogP contribution in [0.5, 0.6) is 5.75 Å². The van der Waals surface area contributed by atoms with Gasteiger partial charge >= 0.3 is 0 Å². The molecule has 150 valence electrons. The Morgan fingerprint density at radius 3 is 2.57 bits per heavy atom. The molecule has 0 bridgehead atoms. The zero-order chi connectivity index (χ0) is 20.3. The number of methoxy groups -OCH3 is 1. The summed E-state index contributed by atoms with van der Waals surface area (Å²) < 4.78 is 19.8. The van der Waals surface area contributed by atoms with Crippen LogP contribution in [0.15, 0.2) is 45.8 Å². The molecule has 3 rings (SSSR count). The summed E-state index contributed by atoms with van der Waals surface area (Å²) in [6, 6.07) is 10.0. The summed E-state index contributed by atoms with van der Waals surface area (Å²) >= 11 is 5.25. The van der Waals surface area contributed by atoms with Crippen LogP contribution in [0.3, 0.4) is 0 Å². The number of unbranched alkanes of at least 4 members (excludes halogenated alkanes) is 1. The minimum absolute atomic E-state index is 0.0818. The van der Waals surface area contributed by atoms with Gasteiger partial charge in [0.05, 0.1) is 22.7 Å². The third kappa shape index (κ3) is 3.94. The van der Waals surface area contributed by atoms with Crippen molar-refractivity contribution in [2.45, 2.75) is 44.4 Å². The van der Waals surface area contributed by atoms with Gasteiger partial charge in [-0.2, -0.15) is 0 Å². The highest BCUT2D eigenvalue weighted by molar-refractivity contribution is 9.10. The number of rotatable bonds is 6. The van der Waals surface area contributed by atoms with E-state index in [9.17, 15) is 9.18 Å². The lowest BCUT2D eigenvalue weighted by molar-refractivity contribution is -0.126. The van der Waals surface area contributed by atoms with Gasteiger partial charge in [0.2, 0.25) is 5.91 Å². The van der Waals surface area contributed by atoms with E-state index in [0.29, 0.717) is 5.69 Å². The SMILES string of the molecule is CCCCC1(CC)CSc2cc(OC)c(Br)cc2N(c2ccc(F)cc2)C1=O. The minimum atomic E-state index is -0.451. The van der Waals surface area contributed by atoms with Crippen LogP contribution >= 0.6 is 27.7 Å². The summed E-state index contributed by atoms with van der Waals surface area (Å²) in [5, 5.41) is 0. The van der Waals surface area contributed by atoms with Crippen molar-refractivity contribution in [1.82, 2.24) is 0 Å². The standard InChI is InChI=1S/C22H25BrFNO2S/c1-4-6-11-22(5-2)14-28-20-13-19(27-3)17(23)12-18(20)25(21(22)26)16-9-7-15(24)8-10-16/h7-10,12-13H,4-6,11,14H2,1-3H3. The molecular formula is C22H25BrFNO2S. The first-order valence-electron chi connectivity index (χ1n) is 9.56. The van der Waals surface area contributed by atoms with E-state index >= 15 is 0 Å². The summed E-state index contributed by atoms with van der Waals surface area (Å²) in [6.45, 7) is 4.23. The van der Waals surface area contributed by atoms with Gasteiger partial charge < -0.3 is 4.74 Å². The molecule has 0 radical (unpaired) electrons. The molecule has 0 saturated heterocycles. The Hall–Kier alpha value is -1.53. The highest BCUT2D eigenvalue weighted by Crippen LogP contribution is 2.49. The maximum absolute atomic E-state index is 13.9. The largest absolute Gasteiger partial charge is 0.496 e. The van der Waals surface area contributed by atoms with Crippen LogP contribution in [0, 0.1) is 11.2 Å². The molecule has 0 spiro atoms. The molecule has 0 aromatic heterocycles. The number of carbonyl (C=O) groups is 1. The van der Waals surface area contributed by atoms with E-state index in [0.717, 1.165) is 52.2 Å². The van der Waals surface area contributed by atoms with Crippen molar-refractivity contribution >= 4 is 45.0 Å². The molecule has 0 N–H and O–H groups in total. The van der Waals surface area contributed by atoms with Gasteiger partial charge in [0.15, 0.2) is 0 Å². The van der Waals surface area contributed by atoms with Crippen LogP contribution in [-0.2, 0) is 4.79 Å². The van der Waals surface area contributed by atoms with Gasteiger partial charge in [0, 0.05) is 16.3 Å². The Labute approximate surface area is 178 Å². The molecule has 1 amide bonds. The van der Waals surface area contributed by atoms with E-state index in [1.165, 1.54) is 12.1 Å². The van der Waals surface area contributed by atoms with Gasteiger partial charge in [0.25, 0.3) is 0 Å². The molecule has 1 aliphatic rings. The molecule has 0 aliphatic carbocycles. The number of nitrogens with zero attached hydrogens (tertiary/aromatic N) is 1. The monoisotopic (exact) mass is 465 g/mol. The van der Waals surface area contributed by atoms with Crippen LogP contribution in [-0.4, -0.2) is 18.8 Å². The highest BCUT2D eigenvalue weighted by atomic mass is 79.9. The van der Waals surface area contributed by atoms with Crippen LogP contribution < -0.4 is 9.64 Å². The number of thioether (sulfide) groups is 1. The molecule has 2 aromatic carbocycles. The first-order chi connectivity index (χ1) is 13.5. The normalized spacial score (nSPS) is 19.3. The number of halogens is 2. The molecule has 0 fully saturated rings. The second-order valence-electron chi connectivity index (χ2n) is 7.10. The summed E-state index contributed by atoms with van der Waals surface area (Å²) in [5.74, 6) is 1.22. The van der Waals surface area contributed by atoms with Gasteiger partial charge in [-0.05, 0) is 65.2 Å². The van der Waals surface area contributed by atoms with Gasteiger partial charge in [-0.3, -0.25) is 9.69 Å². The van der Waals surface area contributed by atoms with Gasteiger partial charge in [-0.25, -0.2) is 4.39 Å². The molecule has 1 aliphatic heterocycles. The number of amides is 1. The third-order valence-electron chi connectivity index (χ3n) is 5.41. The fourth-order valence-corrected chi connectivity index (χ4v) is 5.45. The Morgan fingerprint density at radius 1 is 1.25 bits per heavy atom. The first-order valence-corrected chi connectivity index (χ1v) is 11.3. The van der Waals surface area contributed by atoms with Crippen LogP contribution in [0.1, 0.15) is 39.5 Å². The number of benzene rings is 2. The maximum atomic E-state index is 13.9. The van der Waals surface area contributed by atoms with Crippen molar-refractivity contribution < 1.29 is 13.9 Å². The average molecular weight is 466 g/mol. The fraction of sp³-hybridized carbons (Fsp3) is 0.409. The van der Waals surface area contributed by atoms with E-state index in [4.69, 9.17) is 4.74 Å². The summed E-state index contributed by atoms with van der Waals surface area (Å²) in [5.41, 5.74) is 1.04. The summed E-state index contributed by atoms with van der Waals surface area (Å²) in [7, 11) is 1.63. The third-order valence-corrected chi connectivity index (χ3v) is 7.36. The van der Waals surface area contributed by atoms with E-state index in [1.54, 1.807) is 35.9 Å². The Balaban J connectivity index is 2.19. The maximum Gasteiger partial charge on any atom is 0.238 e. The molecule has 1 heterocycles. The van der Waals surface area contributed by atoms with Crippen molar-refractivity contribution in [3.05, 3.63) is 46.7 Å². The number of anilines is 2. The highest BCUT2D eigenvalue weighted by Gasteiger charge is 2.43. The van der Waals surface area contributed by atoms with E-state index in [1.807, 2.05) is 12.1 Å². The zero-order valence-electron chi connectivity index (χ0n) is 16.4. The molecule has 1 atom stereocenters. The number of carbonyl (C=O) groups excluding carboxylic acids is 1. The number of ether oxygens (including phenoxy) is 1. The van der Waals surface area contributed by atoms with Crippen molar-refractivity contribution in [2.75, 3.05) is 17.8 Å². The lowest BCUT2D eigenvalue weighted by Gasteiger charge is -2.34. The van der Waals surface area contributed by atoms with E-state index in [-0.39, 0.29) is 11.7 Å². The number of hydrogen-bond donors (Lipinski definition) is 0. The van der Waals surface area contributed by atoms with Crippen molar-refractivity contribution in [3.63, 3.8) is 0 Å². The van der Waals surface area contributed by atoms with Crippen molar-refractivity contribution in [1.29, 1.82) is 0 Å². The van der Waals surface area contributed by atoms with Crippen LogP contribution in [0.4, 0.5) is 15.8 Å². The minimum Gasteiger partial charge on any atom is -0.496 e. The van der Waals surface area contributed by atoms with Crippen LogP contribution in [0.2, 0.25) is 0 Å². The fourth-order valence-electron chi connectivity index (χ4n) is 3.57. The molecule has 28 heavy (non-hydrogen) atoms. The first kappa shape index (κ1) is 21.2. The average Bonchev–Trinajstić information content (AvgIpc) is 2.81. The quantitative estimate of drug-likeness (QED) is 0.461. The van der Waals surface area contributed by atoms with Gasteiger partial charge in [0.1, 0.15) is 11.6 Å². The van der Waals surface area contributed by atoms with Gasteiger partial charge in [-0.1, -0.05) is 26.7 Å². The predicted octanol–water partition coefficient (Wildman–Crippen LogP) is 6.95. The Morgan fingerprint density at radius 2 is 1.96 bits per heavy atom. The lowest BCUT2D eigenvalue weighted by atomic mass is 9.80. The molecule has 2 aromatic rings. The second-order valence-corrected chi connectivity index (χ2v) is 8.97. The van der Waals surface area contributed by atoms with Crippen LogP contribution in [0.25, 0.3) is 0 Å². The topological polar surface area (TPSA) is 29.5 Å². The molecule has 1 unspecified atom stereocenters. The van der Waals surface area contributed by atoms with Crippen molar-refractivity contribution in [2.24, 2.45) is 5.41 Å². The van der Waals surface area contributed by atoms with Gasteiger partial charge in [-0.15, -0.1) is 11.8 Å². The predicted molar refractivity (Wildman–Crippen MR) is 117 cm³/mol. The number of fused-ring (bicyclic) bond motifs is 1. The smallest absolute Gasteiger partial charge is 0.238 e. The van der Waals surface area contributed by atoms with Crippen molar-refractivity contribution in [3.8, 4) is 5.75 Å². The van der Waals surface area contributed by atoms with E-state index < -0.39 is 5.41 Å². The lowest BCUT2D eigenvalue weighted by Crippen LogP contribution is -2.42. The zero-order valence-corrected chi connectivity index (χ0v) is 18.8. The van der Waals surface area contributed by atoms with E-state index in [2.05, 4.69) is 29.8 Å². The number of hydrogen-bond acceptors (Lipinski definition) is 3. The Bertz CT molecular complexity index is 858. The Kier molecular flexibility index (Phi) is 6.71. The summed E-state index contributed by atoms with van der Waals surface area (Å²) in [6.07, 6.45) is 3.65. The molecule has 0 saturated carbocycles.